The Bertz CT molecular complexity index is 1480. The summed E-state index contributed by atoms with van der Waals surface area (Å²) in [5.41, 5.74) is 11.8. The summed E-state index contributed by atoms with van der Waals surface area (Å²) in [6.45, 7) is 2.65. The van der Waals surface area contributed by atoms with Crippen molar-refractivity contribution in [1.82, 2.24) is 19.4 Å². The van der Waals surface area contributed by atoms with E-state index in [1.165, 1.54) is 0 Å². The van der Waals surface area contributed by atoms with E-state index in [2.05, 4.69) is 63.2 Å². The molecular formula is C28H33N7O2. The second-order valence-corrected chi connectivity index (χ2v) is 10.3. The van der Waals surface area contributed by atoms with Crippen LogP contribution in [0.1, 0.15) is 12.8 Å². The topological polar surface area (TPSA) is 93.7 Å². The summed E-state index contributed by atoms with van der Waals surface area (Å²) in [5, 5.41) is 4.45. The number of ether oxygens (including phenoxy) is 2. The average Bonchev–Trinajstić information content (AvgIpc) is 3.51. The van der Waals surface area contributed by atoms with E-state index in [1.54, 1.807) is 13.3 Å². The molecule has 1 spiro atoms. The molecule has 9 nitrogen and oxygen atoms in total. The van der Waals surface area contributed by atoms with Crippen LogP contribution >= 0.6 is 0 Å². The van der Waals surface area contributed by atoms with Gasteiger partial charge in [-0.2, -0.15) is 0 Å². The maximum Gasteiger partial charge on any atom is 0.227 e. The van der Waals surface area contributed by atoms with E-state index in [4.69, 9.17) is 20.2 Å². The minimum Gasteiger partial charge on any atom is -0.494 e. The number of hydrogen-bond acceptors (Lipinski definition) is 8. The van der Waals surface area contributed by atoms with Gasteiger partial charge in [0.2, 0.25) is 5.95 Å². The fourth-order valence-electron chi connectivity index (χ4n) is 5.06. The standard InChI is InChI=1S/C28H33N7O2/c1-33(2)12-13-34(3)23-15-25(36-4)22(14-20(23)29)32-27-30-11-8-21(31-27)19-16-35-17-28(9-10-28)37-24-7-5-6-18(19)26(24)35/h5-8,11,14-16H,9-10,12-13,17,29H2,1-4H3,(H,30,31,32). The highest BCUT2D eigenvalue weighted by Crippen LogP contribution is 2.49. The normalized spacial score (nSPS) is 15.2. The van der Waals surface area contributed by atoms with Gasteiger partial charge in [0.1, 0.15) is 17.1 Å². The lowest BCUT2D eigenvalue weighted by molar-refractivity contribution is 0.148. The molecule has 1 saturated carbocycles. The third-order valence-electron chi connectivity index (χ3n) is 7.27. The van der Waals surface area contributed by atoms with Crippen LogP contribution in [0.15, 0.2) is 48.8 Å². The van der Waals surface area contributed by atoms with E-state index >= 15 is 0 Å². The van der Waals surface area contributed by atoms with Gasteiger partial charge >= 0.3 is 0 Å². The van der Waals surface area contributed by atoms with Gasteiger partial charge in [-0.3, -0.25) is 0 Å². The number of para-hydroxylation sites is 1. The summed E-state index contributed by atoms with van der Waals surface area (Å²) in [6.07, 6.45) is 6.18. The molecule has 0 unspecified atom stereocenters. The Labute approximate surface area is 216 Å². The minimum absolute atomic E-state index is 0.0286. The molecule has 3 N–H and O–H groups in total. The fraction of sp³-hybridized carbons (Fsp3) is 0.357. The molecule has 1 aliphatic carbocycles. The lowest BCUT2D eigenvalue weighted by Crippen LogP contribution is -2.29. The summed E-state index contributed by atoms with van der Waals surface area (Å²) < 4.78 is 14.4. The van der Waals surface area contributed by atoms with E-state index in [0.717, 1.165) is 66.1 Å². The molecule has 0 amide bonds. The van der Waals surface area contributed by atoms with Crippen LogP contribution in [0.2, 0.25) is 0 Å². The van der Waals surface area contributed by atoms with E-state index in [0.29, 0.717) is 23.1 Å². The number of anilines is 4. The van der Waals surface area contributed by atoms with Gasteiger partial charge in [0.15, 0.2) is 0 Å². The second kappa shape index (κ2) is 8.85. The maximum atomic E-state index is 6.45. The molecule has 2 aromatic carbocycles. The Kier molecular flexibility index (Phi) is 5.60. The number of hydrogen-bond donors (Lipinski definition) is 2. The summed E-state index contributed by atoms with van der Waals surface area (Å²) in [6, 6.07) is 12.0. The molecule has 4 aromatic rings. The summed E-state index contributed by atoms with van der Waals surface area (Å²) in [7, 11) is 7.80. The van der Waals surface area contributed by atoms with Crippen molar-refractivity contribution < 1.29 is 9.47 Å². The molecule has 1 aliphatic heterocycles. The SMILES string of the molecule is COc1cc(N(C)CCN(C)C)c(N)cc1Nc1nccc(-c2cn3c4c(cccc24)OC2(CC2)C3)n1. The zero-order valence-corrected chi connectivity index (χ0v) is 21.8. The third kappa shape index (κ3) is 4.29. The van der Waals surface area contributed by atoms with Gasteiger partial charge in [-0.05, 0) is 45.1 Å². The Morgan fingerprint density at radius 3 is 2.76 bits per heavy atom. The molecule has 0 saturated heterocycles. The van der Waals surface area contributed by atoms with E-state index in [-0.39, 0.29) is 5.60 Å². The Morgan fingerprint density at radius 1 is 1.16 bits per heavy atom. The predicted octanol–water partition coefficient (Wildman–Crippen LogP) is 4.36. The van der Waals surface area contributed by atoms with Crippen molar-refractivity contribution in [2.45, 2.75) is 25.0 Å². The molecule has 37 heavy (non-hydrogen) atoms. The first-order chi connectivity index (χ1) is 17.9. The summed E-state index contributed by atoms with van der Waals surface area (Å²) in [5.74, 6) is 2.11. The van der Waals surface area contributed by atoms with Gasteiger partial charge in [-0.1, -0.05) is 12.1 Å². The van der Waals surface area contributed by atoms with Crippen molar-refractivity contribution in [2.24, 2.45) is 0 Å². The van der Waals surface area contributed by atoms with Crippen LogP contribution in [0.5, 0.6) is 11.5 Å². The number of aromatic nitrogens is 3. The molecule has 0 atom stereocenters. The summed E-state index contributed by atoms with van der Waals surface area (Å²) >= 11 is 0. The van der Waals surface area contributed by atoms with Crippen LogP contribution in [0.25, 0.3) is 22.2 Å². The lowest BCUT2D eigenvalue weighted by Gasteiger charge is -2.25. The van der Waals surface area contributed by atoms with Crippen molar-refractivity contribution in [3.05, 3.63) is 48.8 Å². The van der Waals surface area contributed by atoms with E-state index in [9.17, 15) is 0 Å². The van der Waals surface area contributed by atoms with E-state index in [1.807, 2.05) is 25.2 Å². The number of likely N-dealkylation sites (N-methyl/N-ethyl adjacent to an activating group) is 2. The largest absolute Gasteiger partial charge is 0.494 e. The Morgan fingerprint density at radius 2 is 2.00 bits per heavy atom. The fourth-order valence-corrected chi connectivity index (χ4v) is 5.06. The van der Waals surface area contributed by atoms with Gasteiger partial charge in [-0.15, -0.1) is 0 Å². The zero-order valence-electron chi connectivity index (χ0n) is 21.8. The minimum atomic E-state index is -0.0286. The first-order valence-electron chi connectivity index (χ1n) is 12.6. The molecule has 9 heteroatoms. The molecule has 6 rings (SSSR count). The van der Waals surface area contributed by atoms with Crippen LogP contribution in [0.4, 0.5) is 23.0 Å². The predicted molar refractivity (Wildman–Crippen MR) is 148 cm³/mol. The highest BCUT2D eigenvalue weighted by atomic mass is 16.5. The lowest BCUT2D eigenvalue weighted by atomic mass is 10.1. The number of nitrogen functional groups attached to an aromatic ring is 1. The number of nitrogens with one attached hydrogen (secondary N) is 1. The highest BCUT2D eigenvalue weighted by Gasteiger charge is 2.48. The van der Waals surface area contributed by atoms with Crippen molar-refractivity contribution in [2.75, 3.05) is 57.3 Å². The van der Waals surface area contributed by atoms with Crippen LogP contribution in [-0.2, 0) is 6.54 Å². The van der Waals surface area contributed by atoms with Crippen LogP contribution < -0.4 is 25.4 Å². The van der Waals surface area contributed by atoms with Crippen LogP contribution in [-0.4, -0.2) is 66.4 Å². The third-order valence-corrected chi connectivity index (χ3v) is 7.27. The molecule has 192 valence electrons. The molecule has 2 aromatic heterocycles. The van der Waals surface area contributed by atoms with Crippen molar-refractivity contribution in [3.63, 3.8) is 0 Å². The van der Waals surface area contributed by atoms with Crippen LogP contribution in [0, 0.1) is 0 Å². The monoisotopic (exact) mass is 499 g/mol. The quantitative estimate of drug-likeness (QED) is 0.346. The van der Waals surface area contributed by atoms with Crippen molar-refractivity contribution in [3.8, 4) is 22.8 Å². The van der Waals surface area contributed by atoms with Gasteiger partial charge in [0.05, 0.1) is 41.9 Å². The van der Waals surface area contributed by atoms with Gasteiger partial charge in [0, 0.05) is 49.5 Å². The molecule has 2 aliphatic rings. The Balaban J connectivity index is 1.30. The number of methoxy groups -OCH3 is 1. The van der Waals surface area contributed by atoms with Gasteiger partial charge in [-0.25, -0.2) is 9.97 Å². The maximum absolute atomic E-state index is 6.45. The number of rotatable bonds is 8. The first-order valence-corrected chi connectivity index (χ1v) is 12.6. The number of nitrogens with two attached hydrogens (primary N) is 1. The molecule has 0 bridgehead atoms. The van der Waals surface area contributed by atoms with Gasteiger partial charge in [0.25, 0.3) is 0 Å². The highest BCUT2D eigenvalue weighted by molar-refractivity contribution is 5.99. The molecular weight excluding hydrogens is 466 g/mol. The van der Waals surface area contributed by atoms with E-state index < -0.39 is 0 Å². The first kappa shape index (κ1) is 23.4. The van der Waals surface area contributed by atoms with Gasteiger partial charge < -0.3 is 34.9 Å². The number of benzene rings is 2. The summed E-state index contributed by atoms with van der Waals surface area (Å²) in [4.78, 5) is 13.6. The smallest absolute Gasteiger partial charge is 0.227 e. The molecule has 3 heterocycles. The average molecular weight is 500 g/mol. The second-order valence-electron chi connectivity index (χ2n) is 10.3. The zero-order chi connectivity index (χ0) is 25.7. The number of nitrogens with zero attached hydrogens (tertiary/aromatic N) is 5. The molecule has 1 fully saturated rings. The van der Waals surface area contributed by atoms with Crippen molar-refractivity contribution >= 4 is 33.9 Å². The van der Waals surface area contributed by atoms with Crippen LogP contribution in [0.3, 0.4) is 0 Å². The Hall–Kier alpha value is -3.98. The van der Waals surface area contributed by atoms with Crippen molar-refractivity contribution in [1.29, 1.82) is 0 Å². The molecule has 0 radical (unpaired) electrons.